The molecule has 0 aliphatic carbocycles. The standard InChI is InChI=1S/C14H21N5/c1-15-8-5-12-6-10-18(11-7-12)14-16-13-4-2-3-9-19(13)17-14/h2-4,9,12,15H,5-8,10-11H2,1H3. The maximum absolute atomic E-state index is 4.59. The molecule has 1 aliphatic rings. The Morgan fingerprint density at radius 3 is 2.89 bits per heavy atom. The van der Waals surface area contributed by atoms with E-state index < -0.39 is 0 Å². The van der Waals surface area contributed by atoms with Gasteiger partial charge in [0.25, 0.3) is 0 Å². The van der Waals surface area contributed by atoms with E-state index in [9.17, 15) is 0 Å². The van der Waals surface area contributed by atoms with E-state index in [2.05, 4.69) is 20.3 Å². The van der Waals surface area contributed by atoms with Gasteiger partial charge in [0, 0.05) is 19.3 Å². The highest BCUT2D eigenvalue weighted by molar-refractivity contribution is 5.44. The fraction of sp³-hybridized carbons (Fsp3) is 0.571. The van der Waals surface area contributed by atoms with E-state index in [0.717, 1.165) is 37.1 Å². The first-order valence-electron chi connectivity index (χ1n) is 7.08. The summed E-state index contributed by atoms with van der Waals surface area (Å²) < 4.78 is 1.85. The Balaban J connectivity index is 1.64. The van der Waals surface area contributed by atoms with E-state index in [-0.39, 0.29) is 0 Å². The number of nitrogens with zero attached hydrogens (tertiary/aromatic N) is 4. The Kier molecular flexibility index (Phi) is 3.64. The van der Waals surface area contributed by atoms with Gasteiger partial charge < -0.3 is 10.2 Å². The van der Waals surface area contributed by atoms with Crippen LogP contribution in [0.2, 0.25) is 0 Å². The summed E-state index contributed by atoms with van der Waals surface area (Å²) in [6, 6.07) is 5.98. The Bertz CT molecular complexity index is 494. The third-order valence-corrected chi connectivity index (χ3v) is 3.93. The lowest BCUT2D eigenvalue weighted by Gasteiger charge is -2.31. The van der Waals surface area contributed by atoms with Gasteiger partial charge in [0.05, 0.1) is 0 Å². The molecule has 19 heavy (non-hydrogen) atoms. The lowest BCUT2D eigenvalue weighted by Crippen LogP contribution is -2.35. The normalized spacial score (nSPS) is 17.2. The molecule has 1 fully saturated rings. The van der Waals surface area contributed by atoms with Gasteiger partial charge in [0.15, 0.2) is 5.65 Å². The molecule has 1 saturated heterocycles. The van der Waals surface area contributed by atoms with E-state index in [1.165, 1.54) is 19.3 Å². The zero-order chi connectivity index (χ0) is 13.1. The smallest absolute Gasteiger partial charge is 0.245 e. The number of hydrogen-bond donors (Lipinski definition) is 1. The Morgan fingerprint density at radius 2 is 2.16 bits per heavy atom. The molecule has 5 nitrogen and oxygen atoms in total. The average Bonchev–Trinajstić information content (AvgIpc) is 2.89. The Morgan fingerprint density at radius 1 is 1.32 bits per heavy atom. The van der Waals surface area contributed by atoms with Crippen molar-refractivity contribution in [2.45, 2.75) is 19.3 Å². The van der Waals surface area contributed by atoms with Crippen LogP contribution in [0.15, 0.2) is 24.4 Å². The van der Waals surface area contributed by atoms with Crippen molar-refractivity contribution in [3.05, 3.63) is 24.4 Å². The van der Waals surface area contributed by atoms with Crippen molar-refractivity contribution in [1.29, 1.82) is 0 Å². The van der Waals surface area contributed by atoms with Crippen molar-refractivity contribution in [2.24, 2.45) is 5.92 Å². The number of aromatic nitrogens is 3. The van der Waals surface area contributed by atoms with Crippen molar-refractivity contribution in [3.8, 4) is 0 Å². The first kappa shape index (κ1) is 12.4. The molecule has 1 N–H and O–H groups in total. The molecule has 0 aromatic carbocycles. The van der Waals surface area contributed by atoms with Crippen LogP contribution in [-0.2, 0) is 0 Å². The Labute approximate surface area is 113 Å². The second-order valence-electron chi connectivity index (χ2n) is 5.24. The second kappa shape index (κ2) is 5.57. The van der Waals surface area contributed by atoms with Crippen molar-refractivity contribution in [1.82, 2.24) is 19.9 Å². The van der Waals surface area contributed by atoms with Crippen LogP contribution >= 0.6 is 0 Å². The minimum absolute atomic E-state index is 0.848. The van der Waals surface area contributed by atoms with Crippen LogP contribution in [0, 0.1) is 5.92 Å². The van der Waals surface area contributed by atoms with Crippen LogP contribution in [0.1, 0.15) is 19.3 Å². The average molecular weight is 259 g/mol. The summed E-state index contributed by atoms with van der Waals surface area (Å²) in [6.07, 6.45) is 5.73. The lowest BCUT2D eigenvalue weighted by atomic mass is 9.94. The van der Waals surface area contributed by atoms with Gasteiger partial charge in [-0.1, -0.05) is 6.07 Å². The molecule has 0 atom stereocenters. The van der Waals surface area contributed by atoms with Crippen LogP contribution in [0.4, 0.5) is 5.95 Å². The highest BCUT2D eigenvalue weighted by Gasteiger charge is 2.21. The minimum atomic E-state index is 0.848. The molecule has 0 spiro atoms. The number of hydrogen-bond acceptors (Lipinski definition) is 4. The highest BCUT2D eigenvalue weighted by atomic mass is 15.4. The SMILES string of the molecule is CNCCC1CCN(c2nc3ccccn3n2)CC1. The summed E-state index contributed by atoms with van der Waals surface area (Å²) in [5.41, 5.74) is 0.926. The van der Waals surface area contributed by atoms with Crippen LogP contribution in [0.5, 0.6) is 0 Å². The van der Waals surface area contributed by atoms with E-state index in [4.69, 9.17) is 0 Å². The molecule has 3 heterocycles. The molecule has 0 amide bonds. The van der Waals surface area contributed by atoms with Gasteiger partial charge in [-0.2, -0.15) is 4.98 Å². The van der Waals surface area contributed by atoms with Crippen molar-refractivity contribution >= 4 is 11.6 Å². The Hall–Kier alpha value is -1.62. The molecule has 0 unspecified atom stereocenters. The topological polar surface area (TPSA) is 45.5 Å². The fourth-order valence-corrected chi connectivity index (χ4v) is 2.72. The fourth-order valence-electron chi connectivity index (χ4n) is 2.72. The molecule has 0 bridgehead atoms. The van der Waals surface area contributed by atoms with E-state index in [1.807, 2.05) is 36.0 Å². The maximum Gasteiger partial charge on any atom is 0.245 e. The molecule has 3 rings (SSSR count). The molecular formula is C14H21N5. The number of anilines is 1. The van der Waals surface area contributed by atoms with Crippen LogP contribution in [0.25, 0.3) is 5.65 Å². The summed E-state index contributed by atoms with van der Waals surface area (Å²) >= 11 is 0. The van der Waals surface area contributed by atoms with Gasteiger partial charge in [-0.25, -0.2) is 4.52 Å². The summed E-state index contributed by atoms with van der Waals surface area (Å²) in [6.45, 7) is 3.27. The predicted octanol–water partition coefficient (Wildman–Crippen LogP) is 1.56. The largest absolute Gasteiger partial charge is 0.339 e. The third-order valence-electron chi connectivity index (χ3n) is 3.93. The molecule has 5 heteroatoms. The van der Waals surface area contributed by atoms with Crippen molar-refractivity contribution < 1.29 is 0 Å². The summed E-state index contributed by atoms with van der Waals surface area (Å²) in [4.78, 5) is 6.90. The van der Waals surface area contributed by atoms with E-state index in [0.29, 0.717) is 0 Å². The summed E-state index contributed by atoms with van der Waals surface area (Å²) in [7, 11) is 2.02. The predicted molar refractivity (Wildman–Crippen MR) is 76.5 cm³/mol. The van der Waals surface area contributed by atoms with Gasteiger partial charge in [-0.3, -0.25) is 0 Å². The lowest BCUT2D eigenvalue weighted by molar-refractivity contribution is 0.376. The molecular weight excluding hydrogens is 238 g/mol. The molecule has 0 radical (unpaired) electrons. The van der Waals surface area contributed by atoms with Gasteiger partial charge in [0.1, 0.15) is 0 Å². The summed E-state index contributed by atoms with van der Waals surface area (Å²) in [5.74, 6) is 1.72. The number of pyridine rings is 1. The van der Waals surface area contributed by atoms with E-state index >= 15 is 0 Å². The van der Waals surface area contributed by atoms with Gasteiger partial charge >= 0.3 is 0 Å². The van der Waals surface area contributed by atoms with Gasteiger partial charge in [-0.05, 0) is 50.9 Å². The van der Waals surface area contributed by atoms with Crippen LogP contribution < -0.4 is 10.2 Å². The number of nitrogens with one attached hydrogen (secondary N) is 1. The highest BCUT2D eigenvalue weighted by Crippen LogP contribution is 2.23. The first-order valence-corrected chi connectivity index (χ1v) is 7.08. The quantitative estimate of drug-likeness (QED) is 0.905. The van der Waals surface area contributed by atoms with Crippen LogP contribution in [-0.4, -0.2) is 41.3 Å². The van der Waals surface area contributed by atoms with Crippen molar-refractivity contribution in [2.75, 3.05) is 31.6 Å². The minimum Gasteiger partial charge on any atom is -0.339 e. The number of fused-ring (bicyclic) bond motifs is 1. The second-order valence-corrected chi connectivity index (χ2v) is 5.24. The molecule has 1 aliphatic heterocycles. The van der Waals surface area contributed by atoms with Gasteiger partial charge in [0.2, 0.25) is 5.95 Å². The molecule has 2 aromatic rings. The molecule has 0 saturated carbocycles. The van der Waals surface area contributed by atoms with E-state index in [1.54, 1.807) is 0 Å². The monoisotopic (exact) mass is 259 g/mol. The number of rotatable bonds is 4. The zero-order valence-electron chi connectivity index (χ0n) is 11.4. The first-order chi connectivity index (χ1) is 9.36. The van der Waals surface area contributed by atoms with Gasteiger partial charge in [-0.15, -0.1) is 5.10 Å². The summed E-state index contributed by atoms with van der Waals surface area (Å²) in [5, 5.41) is 7.78. The van der Waals surface area contributed by atoms with Crippen molar-refractivity contribution in [3.63, 3.8) is 0 Å². The maximum atomic E-state index is 4.59. The number of piperidine rings is 1. The molecule has 102 valence electrons. The molecule has 2 aromatic heterocycles. The van der Waals surface area contributed by atoms with Crippen LogP contribution in [0.3, 0.4) is 0 Å². The third kappa shape index (κ3) is 2.71. The zero-order valence-corrected chi connectivity index (χ0v) is 11.4.